The summed E-state index contributed by atoms with van der Waals surface area (Å²) in [5.41, 5.74) is 2.37. The maximum absolute atomic E-state index is 12.2. The molecule has 0 spiro atoms. The summed E-state index contributed by atoms with van der Waals surface area (Å²) in [6.45, 7) is 2.09. The summed E-state index contributed by atoms with van der Waals surface area (Å²) >= 11 is 2.69. The third-order valence-electron chi connectivity index (χ3n) is 3.97. The molecule has 8 nitrogen and oxygen atoms in total. The molecule has 0 saturated heterocycles. The molecule has 0 fully saturated rings. The van der Waals surface area contributed by atoms with Gasteiger partial charge >= 0.3 is 5.97 Å². The van der Waals surface area contributed by atoms with Crippen LogP contribution in [0.5, 0.6) is 5.75 Å². The Morgan fingerprint density at radius 3 is 2.47 bits per heavy atom. The van der Waals surface area contributed by atoms with Crippen LogP contribution in [0.2, 0.25) is 0 Å². The normalized spacial score (nSPS) is 10.7. The van der Waals surface area contributed by atoms with Crippen molar-refractivity contribution in [3.63, 3.8) is 0 Å². The number of methoxy groups -OCH3 is 1. The molecule has 0 saturated carbocycles. The summed E-state index contributed by atoms with van der Waals surface area (Å²) in [6.07, 6.45) is 3.03. The number of benzene rings is 2. The number of hydrogen-bond donors (Lipinski definition) is 2. The van der Waals surface area contributed by atoms with Gasteiger partial charge in [0, 0.05) is 17.5 Å². The molecule has 3 rings (SSSR count). The number of carbonyl (C=O) groups is 2. The summed E-state index contributed by atoms with van der Waals surface area (Å²) in [6, 6.07) is 14.6. The molecule has 0 atom stereocenters. The number of nitrogens with one attached hydrogen (secondary N) is 2. The van der Waals surface area contributed by atoms with Gasteiger partial charge in [0.05, 0.1) is 19.5 Å². The van der Waals surface area contributed by atoms with Crippen molar-refractivity contribution in [1.29, 1.82) is 0 Å². The fourth-order valence-corrected chi connectivity index (χ4v) is 4.05. The van der Waals surface area contributed by atoms with E-state index < -0.39 is 0 Å². The van der Waals surface area contributed by atoms with Gasteiger partial charge < -0.3 is 20.1 Å². The van der Waals surface area contributed by atoms with E-state index in [0.29, 0.717) is 21.8 Å². The number of carbonyl (C=O) groups excluding carboxylic acids is 2. The lowest BCUT2D eigenvalue weighted by Crippen LogP contribution is -2.13. The van der Waals surface area contributed by atoms with Crippen molar-refractivity contribution in [2.45, 2.75) is 11.3 Å². The first kappa shape index (κ1) is 23.3. The van der Waals surface area contributed by atoms with E-state index in [9.17, 15) is 9.59 Å². The number of thioether (sulfide) groups is 1. The van der Waals surface area contributed by atoms with E-state index in [-0.39, 0.29) is 17.6 Å². The fourth-order valence-electron chi connectivity index (χ4n) is 2.47. The van der Waals surface area contributed by atoms with Gasteiger partial charge in [0.2, 0.25) is 11.0 Å². The molecule has 1 amide bonds. The van der Waals surface area contributed by atoms with Crippen molar-refractivity contribution in [3.8, 4) is 5.75 Å². The number of ether oxygens (including phenoxy) is 2. The van der Waals surface area contributed by atoms with Gasteiger partial charge in [-0.15, -0.1) is 10.2 Å². The van der Waals surface area contributed by atoms with Crippen LogP contribution >= 0.6 is 23.1 Å². The number of hydrogen-bond acceptors (Lipinski definition) is 9. The number of nitrogens with zero attached hydrogens (tertiary/aromatic N) is 2. The van der Waals surface area contributed by atoms with Crippen LogP contribution in [0.1, 0.15) is 12.5 Å². The molecule has 1 aromatic heterocycles. The van der Waals surface area contributed by atoms with Gasteiger partial charge in [-0.25, -0.2) is 4.79 Å². The first-order chi connectivity index (χ1) is 15.6. The highest BCUT2D eigenvalue weighted by molar-refractivity contribution is 8.01. The van der Waals surface area contributed by atoms with E-state index in [4.69, 9.17) is 9.47 Å². The summed E-state index contributed by atoms with van der Waals surface area (Å²) in [5.74, 6) is 0.449. The minimum atomic E-state index is -0.388. The van der Waals surface area contributed by atoms with Gasteiger partial charge in [0.25, 0.3) is 0 Å². The Bertz CT molecular complexity index is 1070. The molecule has 0 bridgehead atoms. The first-order valence-electron chi connectivity index (χ1n) is 9.68. The highest BCUT2D eigenvalue weighted by Crippen LogP contribution is 2.28. The molecule has 1 heterocycles. The molecule has 2 N–H and O–H groups in total. The van der Waals surface area contributed by atoms with Crippen LogP contribution in [0.3, 0.4) is 0 Å². The van der Waals surface area contributed by atoms with E-state index in [1.807, 2.05) is 24.3 Å². The second kappa shape index (κ2) is 11.9. The molecule has 0 radical (unpaired) electrons. The van der Waals surface area contributed by atoms with Crippen molar-refractivity contribution in [2.24, 2.45) is 0 Å². The second-order valence-corrected chi connectivity index (χ2v) is 8.47. The number of esters is 1. The maximum Gasteiger partial charge on any atom is 0.330 e. The number of amides is 1. The summed E-state index contributed by atoms with van der Waals surface area (Å²) in [5, 5.41) is 14.9. The number of anilines is 3. The predicted molar refractivity (Wildman–Crippen MR) is 128 cm³/mol. The van der Waals surface area contributed by atoms with Crippen molar-refractivity contribution in [3.05, 3.63) is 60.2 Å². The Kier molecular flexibility index (Phi) is 8.64. The standard InChI is InChI=1S/C22H22N4O4S2/c1-3-30-20(28)13-6-15-4-7-16(8-5-15)23-19(27)14-31-22-26-25-21(32-22)24-17-9-11-18(29-2)12-10-17/h4-13H,3,14H2,1-2H3,(H,23,27)(H,24,25)/b13-6+. The van der Waals surface area contributed by atoms with E-state index in [1.54, 1.807) is 44.4 Å². The topological polar surface area (TPSA) is 102 Å². The number of rotatable bonds is 10. The van der Waals surface area contributed by atoms with Crippen molar-refractivity contribution >= 4 is 57.6 Å². The maximum atomic E-state index is 12.2. The third-order valence-corrected chi connectivity index (χ3v) is 5.94. The van der Waals surface area contributed by atoms with Gasteiger partial charge in [-0.2, -0.15) is 0 Å². The molecule has 2 aromatic carbocycles. The molecule has 0 aliphatic rings. The zero-order chi connectivity index (χ0) is 22.8. The second-order valence-electron chi connectivity index (χ2n) is 6.27. The molecule has 3 aromatic rings. The van der Waals surface area contributed by atoms with E-state index in [2.05, 4.69) is 20.8 Å². The quantitative estimate of drug-likeness (QED) is 0.252. The largest absolute Gasteiger partial charge is 0.497 e. The lowest BCUT2D eigenvalue weighted by atomic mass is 10.2. The van der Waals surface area contributed by atoms with Gasteiger partial charge in [-0.05, 0) is 55.0 Å². The smallest absolute Gasteiger partial charge is 0.330 e. The van der Waals surface area contributed by atoms with E-state index in [1.165, 1.54) is 29.2 Å². The van der Waals surface area contributed by atoms with Crippen LogP contribution in [0, 0.1) is 0 Å². The molecule has 0 aliphatic heterocycles. The van der Waals surface area contributed by atoms with Gasteiger partial charge in [-0.1, -0.05) is 35.2 Å². The molecule has 166 valence electrons. The van der Waals surface area contributed by atoms with Crippen LogP contribution in [-0.2, 0) is 14.3 Å². The predicted octanol–water partition coefficient (Wildman–Crippen LogP) is 4.60. The zero-order valence-electron chi connectivity index (χ0n) is 17.5. The lowest BCUT2D eigenvalue weighted by Gasteiger charge is -2.04. The van der Waals surface area contributed by atoms with Crippen LogP contribution in [0.25, 0.3) is 6.08 Å². The Balaban J connectivity index is 1.45. The molecule has 32 heavy (non-hydrogen) atoms. The SMILES string of the molecule is CCOC(=O)/C=C/c1ccc(NC(=O)CSc2nnc(Nc3ccc(OC)cc3)s2)cc1. The van der Waals surface area contributed by atoms with Gasteiger partial charge in [0.1, 0.15) is 5.75 Å². The minimum absolute atomic E-state index is 0.148. The molecular weight excluding hydrogens is 448 g/mol. The van der Waals surface area contributed by atoms with Crippen LogP contribution in [0.4, 0.5) is 16.5 Å². The Morgan fingerprint density at radius 2 is 1.78 bits per heavy atom. The van der Waals surface area contributed by atoms with Gasteiger partial charge in [-0.3, -0.25) is 4.79 Å². The van der Waals surface area contributed by atoms with Crippen molar-refractivity contribution in [2.75, 3.05) is 30.1 Å². The Labute approximate surface area is 194 Å². The fraction of sp³-hybridized carbons (Fsp3) is 0.182. The highest BCUT2D eigenvalue weighted by atomic mass is 32.2. The van der Waals surface area contributed by atoms with Crippen LogP contribution in [0.15, 0.2) is 58.9 Å². The minimum Gasteiger partial charge on any atom is -0.497 e. The number of aromatic nitrogens is 2. The van der Waals surface area contributed by atoms with E-state index in [0.717, 1.165) is 17.0 Å². The summed E-state index contributed by atoms with van der Waals surface area (Å²) in [4.78, 5) is 23.6. The summed E-state index contributed by atoms with van der Waals surface area (Å²) < 4.78 is 10.7. The third kappa shape index (κ3) is 7.40. The monoisotopic (exact) mass is 470 g/mol. The first-order valence-corrected chi connectivity index (χ1v) is 11.5. The molecule has 0 aliphatic carbocycles. The average Bonchev–Trinajstić information content (AvgIpc) is 3.25. The van der Waals surface area contributed by atoms with Crippen molar-refractivity contribution < 1.29 is 19.1 Å². The Hall–Kier alpha value is -3.37. The van der Waals surface area contributed by atoms with Gasteiger partial charge in [0.15, 0.2) is 4.34 Å². The summed E-state index contributed by atoms with van der Waals surface area (Å²) in [7, 11) is 1.62. The zero-order valence-corrected chi connectivity index (χ0v) is 19.2. The van der Waals surface area contributed by atoms with Crippen LogP contribution in [-0.4, -0.2) is 41.5 Å². The molecular formula is C22H22N4O4S2. The Morgan fingerprint density at radius 1 is 1.06 bits per heavy atom. The van der Waals surface area contributed by atoms with Crippen LogP contribution < -0.4 is 15.4 Å². The molecule has 10 heteroatoms. The molecule has 0 unspecified atom stereocenters. The van der Waals surface area contributed by atoms with Crippen molar-refractivity contribution in [1.82, 2.24) is 10.2 Å². The lowest BCUT2D eigenvalue weighted by molar-refractivity contribution is -0.137. The average molecular weight is 471 g/mol. The van der Waals surface area contributed by atoms with E-state index >= 15 is 0 Å². The highest BCUT2D eigenvalue weighted by Gasteiger charge is 2.09.